The molecular formula is C22H33N3O6. The zero-order chi connectivity index (χ0) is 22.8. The molecule has 9 heteroatoms. The van der Waals surface area contributed by atoms with E-state index in [1.165, 1.54) is 0 Å². The number of nitrogens with one attached hydrogen (secondary N) is 1. The molecule has 1 aromatic rings. The van der Waals surface area contributed by atoms with Crippen LogP contribution in [0.2, 0.25) is 0 Å². The van der Waals surface area contributed by atoms with Gasteiger partial charge in [0.05, 0.1) is 20.3 Å². The molecule has 2 saturated heterocycles. The topological polar surface area (TPSA) is 108 Å². The molecule has 2 amide bonds. The lowest BCUT2D eigenvalue weighted by molar-refractivity contribution is -0.136. The van der Waals surface area contributed by atoms with E-state index >= 15 is 0 Å². The predicted molar refractivity (Wildman–Crippen MR) is 115 cm³/mol. The largest absolute Gasteiger partial charge is 0.496 e. The zero-order valence-corrected chi connectivity index (χ0v) is 18.5. The number of morpholine rings is 1. The Morgan fingerprint density at radius 3 is 2.55 bits per heavy atom. The van der Waals surface area contributed by atoms with Crippen molar-refractivity contribution in [3.63, 3.8) is 0 Å². The highest BCUT2D eigenvalue weighted by Crippen LogP contribution is 2.25. The second-order valence-corrected chi connectivity index (χ2v) is 7.70. The van der Waals surface area contributed by atoms with Gasteiger partial charge in [-0.15, -0.1) is 0 Å². The second-order valence-electron chi connectivity index (χ2n) is 7.70. The molecule has 31 heavy (non-hydrogen) atoms. The van der Waals surface area contributed by atoms with E-state index in [1.807, 2.05) is 30.0 Å². The van der Waals surface area contributed by atoms with Crippen molar-refractivity contribution in [1.82, 2.24) is 15.1 Å². The molecule has 2 heterocycles. The SMILES string of the molecule is COc1cccc(C(=O)NC[C@@H]2CC[C@H](CC(=O)N3CCOCC3)N2C)c1C.O=CO. The molecule has 0 saturated carbocycles. The number of likely N-dealkylation sites (tertiary alicyclic amines) is 1. The van der Waals surface area contributed by atoms with Gasteiger partial charge in [-0.25, -0.2) is 0 Å². The van der Waals surface area contributed by atoms with Crippen molar-refractivity contribution < 1.29 is 29.0 Å². The van der Waals surface area contributed by atoms with Gasteiger partial charge in [-0.3, -0.25) is 19.3 Å². The Hall–Kier alpha value is -2.65. The monoisotopic (exact) mass is 435 g/mol. The van der Waals surface area contributed by atoms with Crippen LogP contribution in [0.4, 0.5) is 0 Å². The Morgan fingerprint density at radius 1 is 1.26 bits per heavy atom. The second kappa shape index (κ2) is 12.3. The molecule has 172 valence electrons. The lowest BCUT2D eigenvalue weighted by Crippen LogP contribution is -2.45. The number of hydrogen-bond acceptors (Lipinski definition) is 6. The van der Waals surface area contributed by atoms with Crippen LogP contribution in [0.3, 0.4) is 0 Å². The Bertz CT molecular complexity index is 751. The number of nitrogens with zero attached hydrogens (tertiary/aromatic N) is 2. The maximum atomic E-state index is 12.6. The van der Waals surface area contributed by atoms with Gasteiger partial charge in [0.2, 0.25) is 5.91 Å². The van der Waals surface area contributed by atoms with Crippen LogP contribution in [0.15, 0.2) is 18.2 Å². The van der Waals surface area contributed by atoms with E-state index in [0.717, 1.165) is 18.4 Å². The minimum absolute atomic E-state index is 0.0855. The number of methoxy groups -OCH3 is 1. The van der Waals surface area contributed by atoms with E-state index in [4.69, 9.17) is 19.4 Å². The Kier molecular flexibility index (Phi) is 9.74. The molecular weight excluding hydrogens is 402 g/mol. The summed E-state index contributed by atoms with van der Waals surface area (Å²) in [6.45, 7) is 4.86. The van der Waals surface area contributed by atoms with Crippen LogP contribution >= 0.6 is 0 Å². The molecule has 2 N–H and O–H groups in total. The van der Waals surface area contributed by atoms with Gasteiger partial charge in [0, 0.05) is 49.3 Å². The fourth-order valence-electron chi connectivity index (χ4n) is 4.11. The highest BCUT2D eigenvalue weighted by molar-refractivity contribution is 5.96. The molecule has 1 aromatic carbocycles. The van der Waals surface area contributed by atoms with Crippen LogP contribution in [-0.4, -0.2) is 92.3 Å². The number of carboxylic acid groups (broad SMARTS) is 1. The molecule has 9 nitrogen and oxygen atoms in total. The van der Waals surface area contributed by atoms with Crippen LogP contribution in [0, 0.1) is 6.92 Å². The molecule has 0 aromatic heterocycles. The summed E-state index contributed by atoms with van der Waals surface area (Å²) in [5, 5.41) is 9.94. The first-order valence-corrected chi connectivity index (χ1v) is 10.5. The van der Waals surface area contributed by atoms with Gasteiger partial charge in [-0.2, -0.15) is 0 Å². The van der Waals surface area contributed by atoms with Gasteiger partial charge in [0.1, 0.15) is 5.75 Å². The molecule has 0 unspecified atom stereocenters. The third kappa shape index (κ3) is 6.67. The Balaban J connectivity index is 0.00000107. The third-order valence-corrected chi connectivity index (χ3v) is 6.01. The molecule has 2 aliphatic heterocycles. The maximum Gasteiger partial charge on any atom is 0.290 e. The minimum atomic E-state index is -0.250. The van der Waals surface area contributed by atoms with Gasteiger partial charge >= 0.3 is 0 Å². The standard InChI is InChI=1S/C21H31N3O4.CH2O2/c1-15-18(5-4-6-19(15)27-3)21(26)22-14-17-8-7-16(23(17)2)13-20(25)24-9-11-28-12-10-24;2-1-3/h4-6,16-17H,7-14H2,1-3H3,(H,22,26);1H,(H,2,3)/t16-,17+;/m1./s1. The summed E-state index contributed by atoms with van der Waals surface area (Å²) in [5.41, 5.74) is 1.48. The van der Waals surface area contributed by atoms with Crippen LogP contribution in [-0.2, 0) is 14.3 Å². The highest BCUT2D eigenvalue weighted by atomic mass is 16.5. The molecule has 3 rings (SSSR count). The molecule has 2 aliphatic rings. The van der Waals surface area contributed by atoms with Crippen molar-refractivity contribution >= 4 is 18.3 Å². The number of hydrogen-bond donors (Lipinski definition) is 2. The predicted octanol–water partition coefficient (Wildman–Crippen LogP) is 1.15. The number of ether oxygens (including phenoxy) is 2. The molecule has 0 spiro atoms. The van der Waals surface area contributed by atoms with Gasteiger partial charge in [-0.1, -0.05) is 6.07 Å². The van der Waals surface area contributed by atoms with Crippen molar-refractivity contribution in [1.29, 1.82) is 0 Å². The molecule has 2 fully saturated rings. The van der Waals surface area contributed by atoms with Gasteiger partial charge in [-0.05, 0) is 38.9 Å². The molecule has 0 radical (unpaired) electrons. The van der Waals surface area contributed by atoms with Crippen molar-refractivity contribution in [3.05, 3.63) is 29.3 Å². The van der Waals surface area contributed by atoms with E-state index in [9.17, 15) is 9.59 Å². The van der Waals surface area contributed by atoms with Crippen molar-refractivity contribution in [2.45, 2.75) is 38.3 Å². The number of carbonyl (C=O) groups excluding carboxylic acids is 2. The minimum Gasteiger partial charge on any atom is -0.496 e. The molecule has 0 bridgehead atoms. The smallest absolute Gasteiger partial charge is 0.290 e. The molecule has 2 atom stereocenters. The fourth-order valence-corrected chi connectivity index (χ4v) is 4.11. The first-order chi connectivity index (χ1) is 14.9. The fraction of sp³-hybridized carbons (Fsp3) is 0.591. The molecule has 0 aliphatic carbocycles. The zero-order valence-electron chi connectivity index (χ0n) is 18.5. The highest BCUT2D eigenvalue weighted by Gasteiger charge is 2.33. The Labute approximate surface area is 183 Å². The summed E-state index contributed by atoms with van der Waals surface area (Å²) in [4.78, 5) is 37.6. The average molecular weight is 436 g/mol. The maximum absolute atomic E-state index is 12.6. The van der Waals surface area contributed by atoms with E-state index in [1.54, 1.807) is 7.11 Å². The van der Waals surface area contributed by atoms with E-state index in [2.05, 4.69) is 17.3 Å². The summed E-state index contributed by atoms with van der Waals surface area (Å²) in [6, 6.07) is 5.98. The lowest BCUT2D eigenvalue weighted by Gasteiger charge is -2.30. The lowest BCUT2D eigenvalue weighted by atomic mass is 10.1. The van der Waals surface area contributed by atoms with Gasteiger partial charge < -0.3 is 24.8 Å². The van der Waals surface area contributed by atoms with Gasteiger partial charge in [0.25, 0.3) is 12.4 Å². The van der Waals surface area contributed by atoms with E-state index < -0.39 is 0 Å². The first-order valence-electron chi connectivity index (χ1n) is 10.5. The summed E-state index contributed by atoms with van der Waals surface area (Å²) in [6.07, 6.45) is 2.50. The van der Waals surface area contributed by atoms with E-state index in [-0.39, 0.29) is 30.4 Å². The number of likely N-dealkylation sites (N-methyl/N-ethyl adjacent to an activating group) is 1. The van der Waals surface area contributed by atoms with E-state index in [0.29, 0.717) is 50.6 Å². The van der Waals surface area contributed by atoms with Crippen LogP contribution in [0.5, 0.6) is 5.75 Å². The number of carbonyl (C=O) groups is 3. The summed E-state index contributed by atoms with van der Waals surface area (Å²) in [7, 11) is 3.66. The summed E-state index contributed by atoms with van der Waals surface area (Å²) in [5.74, 6) is 0.835. The van der Waals surface area contributed by atoms with Crippen LogP contribution in [0.25, 0.3) is 0 Å². The average Bonchev–Trinajstić information content (AvgIpc) is 3.12. The van der Waals surface area contributed by atoms with Crippen molar-refractivity contribution in [2.75, 3.05) is 47.0 Å². The number of rotatable bonds is 6. The number of benzene rings is 1. The summed E-state index contributed by atoms with van der Waals surface area (Å²) >= 11 is 0. The quantitative estimate of drug-likeness (QED) is 0.645. The van der Waals surface area contributed by atoms with Gasteiger partial charge in [0.15, 0.2) is 0 Å². The van der Waals surface area contributed by atoms with Crippen molar-refractivity contribution in [2.24, 2.45) is 0 Å². The van der Waals surface area contributed by atoms with Crippen molar-refractivity contribution in [3.8, 4) is 5.75 Å². The third-order valence-electron chi connectivity index (χ3n) is 6.01. The van der Waals surface area contributed by atoms with Crippen LogP contribution in [0.1, 0.15) is 35.2 Å². The number of amides is 2. The first kappa shape index (κ1) is 24.6. The normalized spacial score (nSPS) is 21.1. The Morgan fingerprint density at radius 2 is 1.90 bits per heavy atom. The summed E-state index contributed by atoms with van der Waals surface area (Å²) < 4.78 is 10.6. The van der Waals surface area contributed by atoms with Crippen LogP contribution < -0.4 is 10.1 Å².